The molecule has 1 fully saturated rings. The highest BCUT2D eigenvalue weighted by molar-refractivity contribution is 8.18. The highest BCUT2D eigenvalue weighted by atomic mass is 32.2. The van der Waals surface area contributed by atoms with Crippen molar-refractivity contribution in [3.05, 3.63) is 64.6 Å². The summed E-state index contributed by atoms with van der Waals surface area (Å²) in [5.74, 6) is -1.32. The van der Waals surface area contributed by atoms with Gasteiger partial charge in [-0.05, 0) is 41.6 Å². The van der Waals surface area contributed by atoms with Crippen molar-refractivity contribution in [3.63, 3.8) is 0 Å². The topological polar surface area (TPSA) is 99.0 Å². The monoisotopic (exact) mass is 340 g/mol. The number of amides is 1. The number of carbonyl (C=O) groups excluding carboxylic acids is 1. The molecule has 1 heterocycles. The third-order valence-electron chi connectivity index (χ3n) is 3.19. The summed E-state index contributed by atoms with van der Waals surface area (Å²) in [7, 11) is 0. The molecule has 0 atom stereocenters. The minimum absolute atomic E-state index is 0.0809. The van der Waals surface area contributed by atoms with E-state index in [4.69, 9.17) is 0 Å². The zero-order chi connectivity index (χ0) is 17.1. The Balaban J connectivity index is 1.89. The Morgan fingerprint density at radius 3 is 2.71 bits per heavy atom. The van der Waals surface area contributed by atoms with Crippen molar-refractivity contribution >= 4 is 40.6 Å². The van der Waals surface area contributed by atoms with E-state index in [2.05, 4.69) is 10.3 Å². The van der Waals surface area contributed by atoms with Gasteiger partial charge in [0.05, 0.1) is 16.2 Å². The van der Waals surface area contributed by atoms with Crippen LogP contribution in [0, 0.1) is 0 Å². The number of carboxylic acid groups (broad SMARTS) is 1. The van der Waals surface area contributed by atoms with Crippen LogP contribution in [0.5, 0.6) is 5.75 Å². The summed E-state index contributed by atoms with van der Waals surface area (Å²) in [6.45, 7) is 0. The lowest BCUT2D eigenvalue weighted by Crippen LogP contribution is -2.19. The highest BCUT2D eigenvalue weighted by Gasteiger charge is 2.24. The molecular weight excluding hydrogens is 328 g/mol. The molecule has 0 radical (unpaired) electrons. The van der Waals surface area contributed by atoms with E-state index in [1.54, 1.807) is 30.3 Å². The van der Waals surface area contributed by atoms with Gasteiger partial charge >= 0.3 is 5.97 Å². The molecule has 1 aliphatic heterocycles. The third kappa shape index (κ3) is 3.47. The number of aliphatic imine (C=N–C) groups is 1. The van der Waals surface area contributed by atoms with Crippen LogP contribution in [0.1, 0.15) is 15.9 Å². The second-order valence-electron chi connectivity index (χ2n) is 4.89. The van der Waals surface area contributed by atoms with Gasteiger partial charge in [-0.1, -0.05) is 24.3 Å². The molecule has 3 rings (SSSR count). The minimum Gasteiger partial charge on any atom is -0.508 e. The molecule has 24 heavy (non-hydrogen) atoms. The molecular formula is C17H12N2O4S. The van der Waals surface area contributed by atoms with E-state index in [1.165, 1.54) is 24.3 Å². The maximum atomic E-state index is 12.0. The van der Waals surface area contributed by atoms with Gasteiger partial charge in [0.1, 0.15) is 5.75 Å². The number of hydrogen-bond acceptors (Lipinski definition) is 5. The second kappa shape index (κ2) is 6.59. The molecule has 3 N–H and O–H groups in total. The second-order valence-corrected chi connectivity index (χ2v) is 5.92. The Labute approximate surface area is 141 Å². The third-order valence-corrected chi connectivity index (χ3v) is 4.10. The zero-order valence-electron chi connectivity index (χ0n) is 12.3. The van der Waals surface area contributed by atoms with E-state index >= 15 is 0 Å². The lowest BCUT2D eigenvalue weighted by molar-refractivity contribution is -0.115. The maximum Gasteiger partial charge on any atom is 0.336 e. The molecule has 1 aliphatic rings. The van der Waals surface area contributed by atoms with Crippen molar-refractivity contribution in [2.24, 2.45) is 4.99 Å². The number of aromatic hydroxyl groups is 1. The van der Waals surface area contributed by atoms with Crippen molar-refractivity contribution in [1.82, 2.24) is 5.32 Å². The van der Waals surface area contributed by atoms with Gasteiger partial charge < -0.3 is 15.5 Å². The molecule has 1 saturated heterocycles. The number of amidine groups is 1. The molecule has 0 spiro atoms. The molecule has 7 heteroatoms. The minimum atomic E-state index is -1.06. The lowest BCUT2D eigenvalue weighted by Gasteiger charge is -2.00. The summed E-state index contributed by atoms with van der Waals surface area (Å²) in [6.07, 6.45) is 1.52. The zero-order valence-corrected chi connectivity index (χ0v) is 13.1. The Morgan fingerprint density at radius 1 is 1.17 bits per heavy atom. The smallest absolute Gasteiger partial charge is 0.336 e. The fraction of sp³-hybridized carbons (Fsp3) is 0. The maximum absolute atomic E-state index is 12.0. The fourth-order valence-corrected chi connectivity index (χ4v) is 2.95. The average molecular weight is 340 g/mol. The van der Waals surface area contributed by atoms with E-state index in [1.807, 2.05) is 0 Å². The van der Waals surface area contributed by atoms with Crippen LogP contribution in [0.2, 0.25) is 0 Å². The number of nitrogens with zero attached hydrogens (tertiary/aromatic N) is 1. The van der Waals surface area contributed by atoms with Crippen LogP contribution in [0.15, 0.2) is 58.4 Å². The Bertz CT molecular complexity index is 890. The quantitative estimate of drug-likeness (QED) is 0.746. The number of carbonyl (C=O) groups is 2. The first-order chi connectivity index (χ1) is 11.5. The molecule has 0 aliphatic carbocycles. The van der Waals surface area contributed by atoms with Gasteiger partial charge in [-0.3, -0.25) is 4.79 Å². The SMILES string of the molecule is O=C1NC(=Nc2cccc(O)c2)S/C1=C/c1ccccc1C(=O)O. The Kier molecular flexibility index (Phi) is 4.35. The van der Waals surface area contributed by atoms with Crippen LogP contribution >= 0.6 is 11.8 Å². The molecule has 0 bridgehead atoms. The first-order valence-electron chi connectivity index (χ1n) is 6.94. The van der Waals surface area contributed by atoms with E-state index in [9.17, 15) is 19.8 Å². The number of aromatic carboxylic acids is 1. The first-order valence-corrected chi connectivity index (χ1v) is 7.75. The van der Waals surface area contributed by atoms with E-state index in [0.717, 1.165) is 11.8 Å². The largest absolute Gasteiger partial charge is 0.508 e. The molecule has 2 aromatic rings. The molecule has 6 nitrogen and oxygen atoms in total. The van der Waals surface area contributed by atoms with E-state index in [-0.39, 0.29) is 17.2 Å². The molecule has 2 aromatic carbocycles. The van der Waals surface area contributed by atoms with Crippen molar-refractivity contribution in [1.29, 1.82) is 0 Å². The normalized spacial score (nSPS) is 17.2. The van der Waals surface area contributed by atoms with Crippen LogP contribution in [0.4, 0.5) is 5.69 Å². The van der Waals surface area contributed by atoms with Crippen molar-refractivity contribution in [3.8, 4) is 5.75 Å². The lowest BCUT2D eigenvalue weighted by atomic mass is 10.1. The van der Waals surface area contributed by atoms with Crippen LogP contribution in [-0.2, 0) is 4.79 Å². The van der Waals surface area contributed by atoms with Gasteiger partial charge in [0.2, 0.25) is 0 Å². The average Bonchev–Trinajstić information content (AvgIpc) is 2.87. The Morgan fingerprint density at radius 2 is 1.96 bits per heavy atom. The number of benzene rings is 2. The molecule has 0 saturated carbocycles. The molecule has 120 valence electrons. The van der Waals surface area contributed by atoms with Gasteiger partial charge in [0.15, 0.2) is 5.17 Å². The fourth-order valence-electron chi connectivity index (χ4n) is 2.12. The van der Waals surface area contributed by atoms with Gasteiger partial charge in [0.25, 0.3) is 5.91 Å². The summed E-state index contributed by atoms with van der Waals surface area (Å²) >= 11 is 1.11. The van der Waals surface area contributed by atoms with Crippen LogP contribution in [-0.4, -0.2) is 27.3 Å². The molecule has 0 aromatic heterocycles. The number of nitrogens with one attached hydrogen (secondary N) is 1. The number of phenolic OH excluding ortho intramolecular Hbond substituents is 1. The summed E-state index contributed by atoms with van der Waals surface area (Å²) in [5, 5.41) is 21.6. The van der Waals surface area contributed by atoms with Crippen LogP contribution in [0.25, 0.3) is 6.08 Å². The number of carboxylic acids is 1. The summed E-state index contributed by atoms with van der Waals surface area (Å²) in [4.78, 5) is 27.9. The molecule has 0 unspecified atom stereocenters. The number of hydrogen-bond donors (Lipinski definition) is 3. The number of thioether (sulfide) groups is 1. The van der Waals surface area contributed by atoms with Crippen LogP contribution < -0.4 is 5.32 Å². The Hall–Kier alpha value is -3.06. The number of phenols is 1. The summed E-state index contributed by atoms with van der Waals surface area (Å²) in [6, 6.07) is 12.8. The van der Waals surface area contributed by atoms with E-state index in [0.29, 0.717) is 21.3 Å². The summed E-state index contributed by atoms with van der Waals surface area (Å²) in [5.41, 5.74) is 1.07. The van der Waals surface area contributed by atoms with Gasteiger partial charge in [-0.2, -0.15) is 0 Å². The van der Waals surface area contributed by atoms with Crippen molar-refractivity contribution in [2.75, 3.05) is 0 Å². The predicted molar refractivity (Wildman–Crippen MR) is 92.3 cm³/mol. The van der Waals surface area contributed by atoms with Gasteiger partial charge in [-0.25, -0.2) is 9.79 Å². The van der Waals surface area contributed by atoms with Crippen LogP contribution in [0.3, 0.4) is 0 Å². The standard InChI is InChI=1S/C17H12N2O4S/c20-12-6-3-5-11(9-12)18-17-19-15(21)14(24-17)8-10-4-1-2-7-13(10)16(22)23/h1-9,20H,(H,22,23)(H,18,19,21)/b14-8+. The van der Waals surface area contributed by atoms with Crippen molar-refractivity contribution in [2.45, 2.75) is 0 Å². The predicted octanol–water partition coefficient (Wildman–Crippen LogP) is 2.98. The highest BCUT2D eigenvalue weighted by Crippen LogP contribution is 2.29. The van der Waals surface area contributed by atoms with Gasteiger partial charge in [0, 0.05) is 6.07 Å². The molecule has 1 amide bonds. The van der Waals surface area contributed by atoms with E-state index < -0.39 is 5.97 Å². The van der Waals surface area contributed by atoms with Crippen molar-refractivity contribution < 1.29 is 19.8 Å². The first kappa shape index (κ1) is 15.8. The summed E-state index contributed by atoms with van der Waals surface area (Å²) < 4.78 is 0. The van der Waals surface area contributed by atoms with Gasteiger partial charge in [-0.15, -0.1) is 0 Å². The number of rotatable bonds is 3.